The number of hydrogen-bond acceptors (Lipinski definition) is 8. The Kier molecular flexibility index (Phi) is 5.25. The van der Waals surface area contributed by atoms with E-state index in [1.54, 1.807) is 0 Å². The van der Waals surface area contributed by atoms with Crippen LogP contribution in [0.4, 0.5) is 0 Å². The average molecular weight is 653 g/mol. The van der Waals surface area contributed by atoms with Crippen LogP contribution < -0.4 is 20.7 Å². The number of furan rings is 1. The van der Waals surface area contributed by atoms with E-state index < -0.39 is 11.3 Å². The highest BCUT2D eigenvalue weighted by Crippen LogP contribution is 2.65. The lowest BCUT2D eigenvalue weighted by Crippen LogP contribution is -2.27. The fraction of sp³-hybridized carbons (Fsp3) is 0.293. The van der Waals surface area contributed by atoms with Crippen molar-refractivity contribution >= 4 is 44.5 Å². The Labute approximate surface area is 279 Å². The molecule has 0 amide bonds. The largest absolute Gasteiger partial charge is 0.449 e. The molecule has 244 valence electrons. The maximum absolute atomic E-state index is 13.0. The van der Waals surface area contributed by atoms with Gasteiger partial charge in [0.05, 0.1) is 10.8 Å². The van der Waals surface area contributed by atoms with Crippen LogP contribution in [0.25, 0.3) is 38.7 Å². The first-order chi connectivity index (χ1) is 23.3. The molecular formula is C41H32O8. The molecule has 8 heteroatoms. The highest BCUT2D eigenvalue weighted by molar-refractivity contribution is 6.02. The number of ether oxygens (including phenoxy) is 2. The second-order valence-corrected chi connectivity index (χ2v) is 15.5. The van der Waals surface area contributed by atoms with Gasteiger partial charge in [0.25, 0.3) is 0 Å². The van der Waals surface area contributed by atoms with Crippen LogP contribution in [0.1, 0.15) is 98.0 Å². The molecule has 3 heterocycles. The summed E-state index contributed by atoms with van der Waals surface area (Å²) in [7, 11) is 0. The third-order valence-corrected chi connectivity index (χ3v) is 11.4. The number of benzene rings is 4. The third-order valence-electron chi connectivity index (χ3n) is 11.4. The summed E-state index contributed by atoms with van der Waals surface area (Å²) >= 11 is 0. The van der Waals surface area contributed by atoms with Gasteiger partial charge in [0.1, 0.15) is 0 Å². The molecule has 10 rings (SSSR count). The predicted octanol–water partition coefficient (Wildman–Crippen LogP) is 9.57. The van der Waals surface area contributed by atoms with Crippen LogP contribution in [0.5, 0.6) is 23.0 Å². The van der Waals surface area contributed by atoms with E-state index in [0.717, 1.165) is 36.8 Å². The van der Waals surface area contributed by atoms with Gasteiger partial charge in [-0.3, -0.25) is 4.79 Å². The molecule has 4 aliphatic rings. The molecule has 0 bridgehead atoms. The minimum absolute atomic E-state index is 0.104. The van der Waals surface area contributed by atoms with Crippen molar-refractivity contribution in [2.24, 2.45) is 0 Å². The van der Waals surface area contributed by atoms with Gasteiger partial charge in [0.15, 0.2) is 51.1 Å². The van der Waals surface area contributed by atoms with Gasteiger partial charge in [-0.2, -0.15) is 0 Å². The van der Waals surface area contributed by atoms with Crippen molar-refractivity contribution in [3.8, 4) is 23.0 Å². The second-order valence-electron chi connectivity index (χ2n) is 15.5. The molecular weight excluding hydrogens is 620 g/mol. The molecule has 0 fully saturated rings. The minimum Gasteiger partial charge on any atom is -0.449 e. The fourth-order valence-corrected chi connectivity index (χ4v) is 9.34. The van der Waals surface area contributed by atoms with E-state index in [9.17, 15) is 14.4 Å². The summed E-state index contributed by atoms with van der Waals surface area (Å²) in [6.45, 7) is 13.3. The van der Waals surface area contributed by atoms with Crippen molar-refractivity contribution < 1.29 is 27.5 Å². The number of allylic oxidation sites excluding steroid dienone is 1. The zero-order valence-corrected chi connectivity index (χ0v) is 27.6. The lowest BCUT2D eigenvalue weighted by atomic mass is 9.72. The molecule has 0 saturated heterocycles. The first-order valence-electron chi connectivity index (χ1n) is 16.7. The highest BCUT2D eigenvalue weighted by Gasteiger charge is 2.57. The first-order valence-corrected chi connectivity index (χ1v) is 16.7. The Morgan fingerprint density at radius 2 is 1.02 bits per heavy atom. The summed E-state index contributed by atoms with van der Waals surface area (Å²) in [4.78, 5) is 37.4. The quantitative estimate of drug-likeness (QED) is 0.118. The zero-order chi connectivity index (χ0) is 33.8. The topological polar surface area (TPSA) is 109 Å². The maximum Gasteiger partial charge on any atom is 0.347 e. The summed E-state index contributed by atoms with van der Waals surface area (Å²) in [6.07, 6.45) is 3.77. The van der Waals surface area contributed by atoms with Gasteiger partial charge in [0.2, 0.25) is 0 Å². The molecule has 3 aliphatic carbocycles. The van der Waals surface area contributed by atoms with Crippen LogP contribution >= 0.6 is 0 Å². The molecule has 1 aliphatic heterocycles. The van der Waals surface area contributed by atoms with Crippen molar-refractivity contribution in [2.45, 2.75) is 76.0 Å². The van der Waals surface area contributed by atoms with Crippen molar-refractivity contribution in [2.75, 3.05) is 0 Å². The van der Waals surface area contributed by atoms with Crippen LogP contribution in [0.15, 0.2) is 78.0 Å². The van der Waals surface area contributed by atoms with Crippen molar-refractivity contribution in [1.82, 2.24) is 0 Å². The molecule has 49 heavy (non-hydrogen) atoms. The number of fused-ring (bicyclic) bond motifs is 10. The van der Waals surface area contributed by atoms with Crippen LogP contribution in [0.3, 0.4) is 0 Å². The predicted molar refractivity (Wildman–Crippen MR) is 185 cm³/mol. The van der Waals surface area contributed by atoms with Crippen LogP contribution in [0.2, 0.25) is 0 Å². The van der Waals surface area contributed by atoms with Crippen molar-refractivity contribution in [1.29, 1.82) is 0 Å². The van der Waals surface area contributed by atoms with E-state index >= 15 is 0 Å². The summed E-state index contributed by atoms with van der Waals surface area (Å²) < 4.78 is 30.6. The van der Waals surface area contributed by atoms with Gasteiger partial charge in [0, 0.05) is 29.5 Å². The number of carbonyl (C=O) groups excluding carboxylic acids is 1. The summed E-state index contributed by atoms with van der Waals surface area (Å²) in [6, 6.07) is 15.2. The first kappa shape index (κ1) is 28.6. The molecule has 4 aromatic carbocycles. The lowest BCUT2D eigenvalue weighted by Gasteiger charge is -2.31. The number of hydrogen-bond donors (Lipinski definition) is 0. The highest BCUT2D eigenvalue weighted by atomic mass is 16.6. The normalized spacial score (nSPS) is 21.2. The Bertz CT molecular complexity index is 2680. The SMILES string of the molecule is C=C1CCCC(=O)c2cc3c(cc21)Oc1cc2c(cc1O3)C(C)(C)CC21CC(C)(C)c2cc3oc4cc5c(=O)oc(=O)c5cc4oc3cc21. The van der Waals surface area contributed by atoms with Crippen LogP contribution in [-0.2, 0) is 16.2 Å². The molecule has 8 nitrogen and oxygen atoms in total. The Hall–Kier alpha value is -5.37. The molecule has 1 unspecified atom stereocenters. The molecule has 6 aromatic rings. The van der Waals surface area contributed by atoms with E-state index in [1.165, 1.54) is 34.4 Å². The summed E-state index contributed by atoms with van der Waals surface area (Å²) in [5.74, 6) is 2.50. The molecule has 0 saturated carbocycles. The van der Waals surface area contributed by atoms with Gasteiger partial charge in [-0.25, -0.2) is 9.59 Å². The smallest absolute Gasteiger partial charge is 0.347 e. The van der Waals surface area contributed by atoms with Gasteiger partial charge < -0.3 is 22.7 Å². The third kappa shape index (κ3) is 3.77. The van der Waals surface area contributed by atoms with Crippen LogP contribution in [-0.4, -0.2) is 5.78 Å². The van der Waals surface area contributed by atoms with E-state index in [-0.39, 0.29) is 32.8 Å². The number of rotatable bonds is 0. The zero-order valence-electron chi connectivity index (χ0n) is 27.6. The molecule has 2 aromatic heterocycles. The summed E-state index contributed by atoms with van der Waals surface area (Å²) in [5.41, 5.74) is 6.85. The van der Waals surface area contributed by atoms with Crippen molar-refractivity contribution in [3.05, 3.63) is 109 Å². The van der Waals surface area contributed by atoms with Gasteiger partial charge >= 0.3 is 11.3 Å². The Morgan fingerprint density at radius 1 is 0.551 bits per heavy atom. The fourth-order valence-electron chi connectivity index (χ4n) is 9.34. The molecule has 0 radical (unpaired) electrons. The molecule has 1 spiro atoms. The number of ketones is 1. The number of Topliss-reactive ketones (excluding diaryl/α,β-unsaturated/α-hetero) is 1. The standard InChI is InChI=1S/C41H32O8/c1-19-7-6-8-28(42)21-10-30-29(9-20(19)21)45-35-15-26-24(13-33(35)46-30)39(2,3)17-41(26)18-40(4,5)25-14-34-36(16-27(25)41)48-32-12-23-22(11-31(32)47-34)37(43)49-38(23)44/h9-16H,1,6-8,17-18H2,2-5H3. The maximum atomic E-state index is 13.0. The monoisotopic (exact) mass is 652 g/mol. The van der Waals surface area contributed by atoms with Gasteiger partial charge in [-0.1, -0.05) is 34.3 Å². The average Bonchev–Trinajstić information content (AvgIpc) is 3.49. The van der Waals surface area contributed by atoms with Gasteiger partial charge in [-0.05, 0) is 106 Å². The van der Waals surface area contributed by atoms with Crippen LogP contribution in [0, 0.1) is 0 Å². The van der Waals surface area contributed by atoms with E-state index in [2.05, 4.69) is 58.5 Å². The summed E-state index contributed by atoms with van der Waals surface area (Å²) in [5, 5.41) is 0.341. The minimum atomic E-state index is -0.692. The molecule has 1 atom stereocenters. The van der Waals surface area contributed by atoms with E-state index in [4.69, 9.17) is 22.7 Å². The van der Waals surface area contributed by atoms with E-state index in [0.29, 0.717) is 57.3 Å². The number of carbonyl (C=O) groups is 1. The Balaban J connectivity index is 1.15. The molecule has 0 N–H and O–H groups in total. The van der Waals surface area contributed by atoms with E-state index in [1.807, 2.05) is 12.1 Å². The Morgan fingerprint density at radius 3 is 1.63 bits per heavy atom. The van der Waals surface area contributed by atoms with Gasteiger partial charge in [-0.15, -0.1) is 0 Å². The van der Waals surface area contributed by atoms with Crippen molar-refractivity contribution in [3.63, 3.8) is 0 Å². The lowest BCUT2D eigenvalue weighted by molar-refractivity contribution is 0.0981. The second kappa shape index (κ2) is 8.99.